The largest absolute Gasteiger partial charge is 0.435 e. The molecule has 0 amide bonds. The number of benzene rings is 1. The van der Waals surface area contributed by atoms with Crippen LogP contribution in [0.25, 0.3) is 22.6 Å². The molecular formula is C17H13ClF5N5. The van der Waals surface area contributed by atoms with Crippen LogP contribution in [-0.4, -0.2) is 27.0 Å². The predicted molar refractivity (Wildman–Crippen MR) is 95.4 cm³/mol. The van der Waals surface area contributed by atoms with Gasteiger partial charge in [-0.15, -0.1) is 0 Å². The zero-order valence-electron chi connectivity index (χ0n) is 14.5. The molecule has 1 aromatic carbocycles. The van der Waals surface area contributed by atoms with Crippen molar-refractivity contribution in [2.45, 2.75) is 19.0 Å². The normalized spacial score (nSPS) is 12.9. The smallest absolute Gasteiger partial charge is 0.388 e. The Morgan fingerprint density at radius 2 is 1.82 bits per heavy atom. The second-order valence-electron chi connectivity index (χ2n) is 5.75. The Morgan fingerprint density at radius 1 is 1.11 bits per heavy atom. The van der Waals surface area contributed by atoms with Crippen LogP contribution in [0.1, 0.15) is 18.4 Å². The van der Waals surface area contributed by atoms with Crippen LogP contribution < -0.4 is 5.32 Å². The summed E-state index contributed by atoms with van der Waals surface area (Å²) in [4.78, 5) is 13.0. The number of nitrogens with zero attached hydrogens (tertiary/aromatic N) is 3. The number of aromatic amines is 1. The maximum absolute atomic E-state index is 14.1. The summed E-state index contributed by atoms with van der Waals surface area (Å²) in [5.74, 6) is -5.12. The molecule has 0 spiro atoms. The standard InChI is InChI=1S/C17H13ClF5N5/c1-3-6-16(19,20)15-26-12(17(21,22)23)11-14(28-15)27-13(25-11)9-5-4-8(24-2)7-10(9)18/h3-7,24H,1-2H3,(H,25,26,27,28)/b6-3+. The molecule has 0 saturated heterocycles. The number of hydrogen-bond donors (Lipinski definition) is 2. The fourth-order valence-corrected chi connectivity index (χ4v) is 2.80. The second-order valence-corrected chi connectivity index (χ2v) is 6.15. The molecular weight excluding hydrogens is 405 g/mol. The van der Waals surface area contributed by atoms with Gasteiger partial charge >= 0.3 is 12.1 Å². The molecule has 0 atom stereocenters. The third-order valence-electron chi connectivity index (χ3n) is 3.81. The van der Waals surface area contributed by atoms with Crippen LogP contribution in [-0.2, 0) is 12.1 Å². The van der Waals surface area contributed by atoms with Crippen molar-refractivity contribution >= 4 is 28.5 Å². The van der Waals surface area contributed by atoms with E-state index in [1.807, 2.05) is 0 Å². The first-order valence-corrected chi connectivity index (χ1v) is 8.29. The minimum Gasteiger partial charge on any atom is -0.388 e. The van der Waals surface area contributed by atoms with E-state index >= 15 is 0 Å². The second kappa shape index (κ2) is 7.01. The number of allylic oxidation sites excluding steroid dienone is 2. The van der Waals surface area contributed by atoms with E-state index in [0.717, 1.165) is 6.08 Å². The van der Waals surface area contributed by atoms with Gasteiger partial charge in [0, 0.05) is 18.3 Å². The molecule has 0 aliphatic rings. The van der Waals surface area contributed by atoms with Gasteiger partial charge in [0.05, 0.1) is 5.02 Å². The van der Waals surface area contributed by atoms with Crippen molar-refractivity contribution in [3.05, 3.63) is 46.9 Å². The van der Waals surface area contributed by atoms with Gasteiger partial charge in [0.1, 0.15) is 11.3 Å². The number of rotatable bonds is 4. The van der Waals surface area contributed by atoms with Gasteiger partial charge in [0.15, 0.2) is 11.3 Å². The van der Waals surface area contributed by atoms with Crippen LogP contribution in [0, 0.1) is 0 Å². The molecule has 0 aliphatic heterocycles. The summed E-state index contributed by atoms with van der Waals surface area (Å²) in [7, 11) is 1.67. The van der Waals surface area contributed by atoms with Crippen LogP contribution in [0.2, 0.25) is 5.02 Å². The summed E-state index contributed by atoms with van der Waals surface area (Å²) in [5, 5.41) is 3.06. The molecule has 0 fully saturated rings. The van der Waals surface area contributed by atoms with Crippen molar-refractivity contribution in [2.75, 3.05) is 12.4 Å². The highest BCUT2D eigenvalue weighted by molar-refractivity contribution is 6.33. The Morgan fingerprint density at radius 3 is 2.39 bits per heavy atom. The quantitative estimate of drug-likeness (QED) is 0.440. The molecule has 28 heavy (non-hydrogen) atoms. The Labute approximate surface area is 160 Å². The molecule has 3 aromatic rings. The average Bonchev–Trinajstić information content (AvgIpc) is 3.03. The number of fused-ring (bicyclic) bond motifs is 1. The predicted octanol–water partition coefficient (Wildman–Crippen LogP) is 5.40. The Kier molecular flexibility index (Phi) is 5.00. The highest BCUT2D eigenvalue weighted by Crippen LogP contribution is 2.37. The van der Waals surface area contributed by atoms with Gasteiger partial charge in [-0.05, 0) is 31.2 Å². The van der Waals surface area contributed by atoms with Crippen LogP contribution in [0.15, 0.2) is 30.4 Å². The van der Waals surface area contributed by atoms with Crippen LogP contribution >= 0.6 is 11.6 Å². The molecule has 0 unspecified atom stereocenters. The summed E-state index contributed by atoms with van der Waals surface area (Å²) in [6.07, 6.45) is -3.58. The van der Waals surface area contributed by atoms with Crippen LogP contribution in [0.3, 0.4) is 0 Å². The minimum absolute atomic E-state index is 0.0473. The van der Waals surface area contributed by atoms with Crippen LogP contribution in [0.5, 0.6) is 0 Å². The maximum Gasteiger partial charge on any atom is 0.435 e. The van der Waals surface area contributed by atoms with Gasteiger partial charge in [-0.3, -0.25) is 0 Å². The molecule has 148 valence electrons. The molecule has 5 nitrogen and oxygen atoms in total. The highest BCUT2D eigenvalue weighted by atomic mass is 35.5. The fourth-order valence-electron chi connectivity index (χ4n) is 2.53. The molecule has 2 heterocycles. The summed E-state index contributed by atoms with van der Waals surface area (Å²) in [5.41, 5.74) is -1.71. The lowest BCUT2D eigenvalue weighted by atomic mass is 10.2. The Balaban J connectivity index is 2.25. The zero-order valence-corrected chi connectivity index (χ0v) is 15.3. The summed E-state index contributed by atoms with van der Waals surface area (Å²) in [6, 6.07) is 4.71. The number of aromatic nitrogens is 4. The minimum atomic E-state index is -4.99. The van der Waals surface area contributed by atoms with E-state index in [9.17, 15) is 22.0 Å². The number of hydrogen-bond acceptors (Lipinski definition) is 4. The topological polar surface area (TPSA) is 66.5 Å². The number of H-pyrrole nitrogens is 1. The highest BCUT2D eigenvalue weighted by Gasteiger charge is 2.41. The molecule has 2 aromatic heterocycles. The lowest BCUT2D eigenvalue weighted by molar-refractivity contribution is -0.140. The molecule has 0 bridgehead atoms. The van der Waals surface area contributed by atoms with E-state index in [0.29, 0.717) is 11.8 Å². The third-order valence-corrected chi connectivity index (χ3v) is 4.12. The van der Waals surface area contributed by atoms with Crippen molar-refractivity contribution < 1.29 is 22.0 Å². The Bertz CT molecular complexity index is 1060. The lowest BCUT2D eigenvalue weighted by Gasteiger charge is -2.13. The lowest BCUT2D eigenvalue weighted by Crippen LogP contribution is -2.19. The van der Waals surface area contributed by atoms with E-state index in [1.165, 1.54) is 13.0 Å². The van der Waals surface area contributed by atoms with Gasteiger partial charge in [-0.25, -0.2) is 15.0 Å². The molecule has 0 saturated carbocycles. The molecule has 11 heteroatoms. The first kappa shape index (κ1) is 20.0. The zero-order chi connectivity index (χ0) is 20.7. The van der Waals surface area contributed by atoms with Crippen molar-refractivity contribution in [1.82, 2.24) is 19.9 Å². The van der Waals surface area contributed by atoms with Crippen molar-refractivity contribution in [2.24, 2.45) is 0 Å². The average molecular weight is 418 g/mol. The maximum atomic E-state index is 14.1. The van der Waals surface area contributed by atoms with Gasteiger partial charge in [0.25, 0.3) is 0 Å². The number of anilines is 1. The van der Waals surface area contributed by atoms with Crippen molar-refractivity contribution in [3.8, 4) is 11.4 Å². The summed E-state index contributed by atoms with van der Waals surface area (Å²) < 4.78 is 68.4. The number of nitrogens with one attached hydrogen (secondary N) is 2. The molecule has 0 aliphatic carbocycles. The van der Waals surface area contributed by atoms with E-state index in [-0.39, 0.29) is 16.4 Å². The number of halogens is 6. The molecule has 3 rings (SSSR count). The SMILES string of the molecule is C/C=C/C(F)(F)c1nc(C(F)(F)F)c2[nH]c(-c3ccc(NC)cc3Cl)nc2n1. The van der Waals surface area contributed by atoms with Gasteiger partial charge in [-0.2, -0.15) is 22.0 Å². The van der Waals surface area contributed by atoms with Crippen molar-refractivity contribution in [1.29, 1.82) is 0 Å². The van der Waals surface area contributed by atoms with Gasteiger partial charge in [-0.1, -0.05) is 17.7 Å². The summed E-state index contributed by atoms with van der Waals surface area (Å²) >= 11 is 6.16. The van der Waals surface area contributed by atoms with E-state index < -0.39 is 34.8 Å². The van der Waals surface area contributed by atoms with Gasteiger partial charge in [0.2, 0.25) is 5.82 Å². The molecule has 0 radical (unpaired) electrons. The van der Waals surface area contributed by atoms with Crippen molar-refractivity contribution in [3.63, 3.8) is 0 Å². The fraction of sp³-hybridized carbons (Fsp3) is 0.235. The molecule has 2 N–H and O–H groups in total. The summed E-state index contributed by atoms with van der Waals surface area (Å²) in [6.45, 7) is 1.31. The third kappa shape index (κ3) is 3.64. The first-order chi connectivity index (χ1) is 13.1. The van der Waals surface area contributed by atoms with E-state index in [4.69, 9.17) is 11.6 Å². The van der Waals surface area contributed by atoms with Crippen LogP contribution in [0.4, 0.5) is 27.6 Å². The Hall–Kier alpha value is -2.75. The number of alkyl halides is 5. The monoisotopic (exact) mass is 417 g/mol. The first-order valence-electron chi connectivity index (χ1n) is 7.91. The van der Waals surface area contributed by atoms with Gasteiger partial charge < -0.3 is 10.3 Å². The van der Waals surface area contributed by atoms with E-state index in [1.54, 1.807) is 19.2 Å². The van der Waals surface area contributed by atoms with E-state index in [2.05, 4.69) is 25.3 Å². The number of imidazole rings is 1.